The van der Waals surface area contributed by atoms with Crippen molar-refractivity contribution in [2.45, 2.75) is 12.8 Å². The quantitative estimate of drug-likeness (QED) is 0.907. The van der Waals surface area contributed by atoms with Crippen LogP contribution in [0.4, 0.5) is 14.5 Å². The number of anilines is 1. The van der Waals surface area contributed by atoms with Crippen molar-refractivity contribution in [2.75, 3.05) is 18.0 Å². The lowest BCUT2D eigenvalue weighted by molar-refractivity contribution is -0.121. The number of carbonyl (C=O) groups is 2. The molecule has 3 rings (SSSR count). The summed E-state index contributed by atoms with van der Waals surface area (Å²) in [6.45, 7) is 0.880. The van der Waals surface area contributed by atoms with E-state index in [9.17, 15) is 18.4 Å². The van der Waals surface area contributed by atoms with E-state index in [2.05, 4.69) is 5.32 Å². The summed E-state index contributed by atoms with van der Waals surface area (Å²) in [6.07, 6.45) is 0.511. The van der Waals surface area contributed by atoms with E-state index in [0.717, 1.165) is 5.56 Å². The number of nitrogens with zero attached hydrogens (tertiary/aromatic N) is 1. The van der Waals surface area contributed by atoms with Crippen molar-refractivity contribution in [3.8, 4) is 0 Å². The molecule has 1 atom stereocenters. The first-order valence-electron chi connectivity index (χ1n) is 8.08. The number of hydrogen-bond acceptors (Lipinski definition) is 2. The Morgan fingerprint density at radius 2 is 1.64 bits per heavy atom. The van der Waals surface area contributed by atoms with Crippen LogP contribution >= 0.6 is 0 Å². The van der Waals surface area contributed by atoms with Crippen molar-refractivity contribution in [3.05, 3.63) is 65.7 Å². The van der Waals surface area contributed by atoms with E-state index in [1.807, 2.05) is 0 Å². The number of hydrogen-bond donors (Lipinski definition) is 1. The van der Waals surface area contributed by atoms with Crippen LogP contribution in [0.25, 0.3) is 0 Å². The third-order valence-electron chi connectivity index (χ3n) is 4.21. The van der Waals surface area contributed by atoms with Crippen LogP contribution in [0.15, 0.2) is 48.5 Å². The highest BCUT2D eigenvalue weighted by Gasteiger charge is 2.30. The van der Waals surface area contributed by atoms with Gasteiger partial charge >= 0.3 is 0 Å². The molecule has 4 nitrogen and oxygen atoms in total. The fraction of sp³-hybridized carbons (Fsp3) is 0.263. The Bertz CT molecular complexity index is 760. The average Bonchev–Trinajstić information content (AvgIpc) is 2.97. The fourth-order valence-electron chi connectivity index (χ4n) is 2.90. The SMILES string of the molecule is O=C(Cc1ccc(F)cc1)NC[C@@H]1CC(=O)N(c2ccc(F)cc2)C1. The highest BCUT2D eigenvalue weighted by molar-refractivity contribution is 5.95. The summed E-state index contributed by atoms with van der Waals surface area (Å²) < 4.78 is 25.8. The summed E-state index contributed by atoms with van der Waals surface area (Å²) in [7, 11) is 0. The monoisotopic (exact) mass is 344 g/mol. The zero-order valence-electron chi connectivity index (χ0n) is 13.5. The molecule has 1 aliphatic rings. The molecular formula is C19H18F2N2O2. The number of rotatable bonds is 5. The van der Waals surface area contributed by atoms with E-state index >= 15 is 0 Å². The maximum Gasteiger partial charge on any atom is 0.227 e. The first kappa shape index (κ1) is 17.1. The Kier molecular flexibility index (Phi) is 5.07. The molecule has 1 saturated heterocycles. The molecule has 1 N–H and O–H groups in total. The van der Waals surface area contributed by atoms with Gasteiger partial charge in [0.25, 0.3) is 0 Å². The first-order valence-corrected chi connectivity index (χ1v) is 8.08. The maximum absolute atomic E-state index is 13.0. The molecule has 0 radical (unpaired) electrons. The van der Waals surface area contributed by atoms with Crippen LogP contribution < -0.4 is 10.2 Å². The summed E-state index contributed by atoms with van der Waals surface area (Å²) in [5.41, 5.74) is 1.39. The standard InChI is InChI=1S/C19H18F2N2O2/c20-15-3-1-13(2-4-15)9-18(24)22-11-14-10-19(25)23(12-14)17-7-5-16(21)6-8-17/h1-8,14H,9-12H2,(H,22,24)/t14-/m0/s1. The number of nitrogens with one attached hydrogen (secondary N) is 1. The van der Waals surface area contributed by atoms with E-state index in [0.29, 0.717) is 25.2 Å². The van der Waals surface area contributed by atoms with E-state index in [1.165, 1.54) is 24.3 Å². The van der Waals surface area contributed by atoms with E-state index in [1.54, 1.807) is 29.2 Å². The molecule has 0 bridgehead atoms. The molecule has 1 aliphatic heterocycles. The van der Waals surface area contributed by atoms with Crippen LogP contribution in [-0.2, 0) is 16.0 Å². The van der Waals surface area contributed by atoms with Crippen LogP contribution in [0.2, 0.25) is 0 Å². The Morgan fingerprint density at radius 1 is 1.04 bits per heavy atom. The molecule has 2 aromatic carbocycles. The van der Waals surface area contributed by atoms with Crippen LogP contribution in [0.5, 0.6) is 0 Å². The Morgan fingerprint density at radius 3 is 2.28 bits per heavy atom. The Labute approximate surface area is 144 Å². The van der Waals surface area contributed by atoms with Gasteiger partial charge in [-0.05, 0) is 42.0 Å². The van der Waals surface area contributed by atoms with Gasteiger partial charge in [0.05, 0.1) is 6.42 Å². The third kappa shape index (κ3) is 4.41. The molecule has 6 heteroatoms. The molecule has 0 saturated carbocycles. The van der Waals surface area contributed by atoms with Crippen molar-refractivity contribution < 1.29 is 18.4 Å². The Balaban J connectivity index is 1.50. The summed E-state index contributed by atoms with van der Waals surface area (Å²) in [5.74, 6) is -0.882. The van der Waals surface area contributed by atoms with Crippen LogP contribution in [0.1, 0.15) is 12.0 Å². The van der Waals surface area contributed by atoms with Crippen molar-refractivity contribution in [3.63, 3.8) is 0 Å². The Hall–Kier alpha value is -2.76. The van der Waals surface area contributed by atoms with Gasteiger partial charge in [-0.25, -0.2) is 8.78 Å². The number of amides is 2. The molecule has 1 heterocycles. The predicted octanol–water partition coefficient (Wildman–Crippen LogP) is 2.68. The second kappa shape index (κ2) is 7.42. The van der Waals surface area contributed by atoms with Gasteiger partial charge in [-0.15, -0.1) is 0 Å². The summed E-state index contributed by atoms with van der Waals surface area (Å²) in [6, 6.07) is 11.6. The van der Waals surface area contributed by atoms with Gasteiger partial charge in [-0.1, -0.05) is 12.1 Å². The van der Waals surface area contributed by atoms with Crippen molar-refractivity contribution in [1.29, 1.82) is 0 Å². The molecule has 1 fully saturated rings. The molecule has 130 valence electrons. The molecular weight excluding hydrogens is 326 g/mol. The van der Waals surface area contributed by atoms with Crippen LogP contribution in [-0.4, -0.2) is 24.9 Å². The average molecular weight is 344 g/mol. The summed E-state index contributed by atoms with van der Waals surface area (Å²) in [4.78, 5) is 25.7. The zero-order chi connectivity index (χ0) is 17.8. The molecule has 0 spiro atoms. The largest absolute Gasteiger partial charge is 0.355 e. The predicted molar refractivity (Wildman–Crippen MR) is 90.0 cm³/mol. The minimum atomic E-state index is -0.347. The highest BCUT2D eigenvalue weighted by Crippen LogP contribution is 2.24. The minimum Gasteiger partial charge on any atom is -0.355 e. The molecule has 2 aromatic rings. The van der Waals surface area contributed by atoms with Crippen molar-refractivity contribution in [1.82, 2.24) is 5.32 Å². The fourth-order valence-corrected chi connectivity index (χ4v) is 2.90. The van der Waals surface area contributed by atoms with Crippen LogP contribution in [0, 0.1) is 17.6 Å². The van der Waals surface area contributed by atoms with Gasteiger partial charge in [0.2, 0.25) is 11.8 Å². The molecule has 0 aliphatic carbocycles. The van der Waals surface area contributed by atoms with Crippen molar-refractivity contribution in [2.24, 2.45) is 5.92 Å². The minimum absolute atomic E-state index is 0.00900. The first-order chi connectivity index (χ1) is 12.0. The third-order valence-corrected chi connectivity index (χ3v) is 4.21. The van der Waals surface area contributed by atoms with E-state index < -0.39 is 0 Å². The molecule has 0 aromatic heterocycles. The molecule has 0 unspecified atom stereocenters. The lowest BCUT2D eigenvalue weighted by Crippen LogP contribution is -2.32. The second-order valence-electron chi connectivity index (χ2n) is 6.16. The van der Waals surface area contributed by atoms with Crippen molar-refractivity contribution >= 4 is 17.5 Å². The van der Waals surface area contributed by atoms with Crippen LogP contribution in [0.3, 0.4) is 0 Å². The van der Waals surface area contributed by atoms with Gasteiger partial charge in [-0.2, -0.15) is 0 Å². The number of carbonyl (C=O) groups excluding carboxylic acids is 2. The molecule has 2 amide bonds. The smallest absolute Gasteiger partial charge is 0.227 e. The topological polar surface area (TPSA) is 49.4 Å². The molecule has 25 heavy (non-hydrogen) atoms. The zero-order valence-corrected chi connectivity index (χ0v) is 13.5. The van der Waals surface area contributed by atoms with E-state index in [4.69, 9.17) is 0 Å². The van der Waals surface area contributed by atoms with Gasteiger partial charge in [0, 0.05) is 31.1 Å². The summed E-state index contributed by atoms with van der Waals surface area (Å²) in [5, 5.41) is 2.82. The lowest BCUT2D eigenvalue weighted by Gasteiger charge is -2.17. The van der Waals surface area contributed by atoms with Gasteiger partial charge in [0.1, 0.15) is 11.6 Å². The van der Waals surface area contributed by atoms with Gasteiger partial charge < -0.3 is 10.2 Å². The normalized spacial score (nSPS) is 17.0. The van der Waals surface area contributed by atoms with Gasteiger partial charge in [0.15, 0.2) is 0 Å². The second-order valence-corrected chi connectivity index (χ2v) is 6.16. The van der Waals surface area contributed by atoms with Gasteiger partial charge in [-0.3, -0.25) is 9.59 Å². The van der Waals surface area contributed by atoms with E-state index in [-0.39, 0.29) is 35.8 Å². The number of benzene rings is 2. The highest BCUT2D eigenvalue weighted by atomic mass is 19.1. The maximum atomic E-state index is 13.0. The summed E-state index contributed by atoms with van der Waals surface area (Å²) >= 11 is 0. The number of halogens is 2. The lowest BCUT2D eigenvalue weighted by atomic mass is 10.1.